The van der Waals surface area contributed by atoms with E-state index in [1.807, 2.05) is 18.2 Å². The van der Waals surface area contributed by atoms with Crippen LogP contribution in [-0.4, -0.2) is 15.0 Å². The molecule has 0 aliphatic rings. The fourth-order valence-corrected chi connectivity index (χ4v) is 1.71. The van der Waals surface area contributed by atoms with E-state index in [0.29, 0.717) is 0 Å². The van der Waals surface area contributed by atoms with Crippen LogP contribution in [0.15, 0.2) is 43.0 Å². The fraction of sp³-hybridized carbons (Fsp3) is 0.308. The quantitative estimate of drug-likeness (QED) is 0.872. The Hall–Kier alpha value is -1.81. The van der Waals surface area contributed by atoms with Crippen LogP contribution >= 0.6 is 0 Å². The van der Waals surface area contributed by atoms with E-state index in [2.05, 4.69) is 34.1 Å². The Balaban J connectivity index is 2.02. The van der Waals surface area contributed by atoms with Gasteiger partial charge in [0, 0.05) is 36.9 Å². The molecule has 1 N–H and O–H groups in total. The third-order valence-corrected chi connectivity index (χ3v) is 2.66. The van der Waals surface area contributed by atoms with Gasteiger partial charge in [-0.15, -0.1) is 0 Å². The molecular formula is C13H16N4. The smallest absolute Gasteiger partial charge is 0.0753 e. The zero-order valence-electron chi connectivity index (χ0n) is 10.0. The van der Waals surface area contributed by atoms with E-state index in [1.165, 1.54) is 0 Å². The molecule has 0 fully saturated rings. The first-order chi connectivity index (χ1) is 8.27. The molecule has 17 heavy (non-hydrogen) atoms. The van der Waals surface area contributed by atoms with E-state index < -0.39 is 0 Å². The molecule has 2 aromatic heterocycles. The average Bonchev–Trinajstić information content (AvgIpc) is 2.40. The minimum Gasteiger partial charge on any atom is -0.301 e. The number of aromatic nitrogens is 3. The minimum absolute atomic E-state index is 0.153. The molecule has 2 rings (SSSR count). The molecule has 0 radical (unpaired) electrons. The predicted octanol–water partition coefficient (Wildman–Crippen LogP) is 2.28. The van der Waals surface area contributed by atoms with E-state index in [4.69, 9.17) is 0 Å². The molecule has 2 aromatic rings. The topological polar surface area (TPSA) is 50.7 Å². The molecule has 0 aliphatic carbocycles. The van der Waals surface area contributed by atoms with Gasteiger partial charge in [-0.2, -0.15) is 0 Å². The largest absolute Gasteiger partial charge is 0.301 e. The van der Waals surface area contributed by atoms with Crippen LogP contribution in [-0.2, 0) is 0 Å². The minimum atomic E-state index is 0.153. The maximum Gasteiger partial charge on any atom is 0.0753 e. The standard InChI is InChI=1S/C13H16N4/c1-10(12-5-3-4-6-15-12)17-11(2)13-9-14-7-8-16-13/h3-11,17H,1-2H3/t10-,11?/m0/s1. The van der Waals surface area contributed by atoms with Gasteiger partial charge in [-0.3, -0.25) is 15.0 Å². The summed E-state index contributed by atoms with van der Waals surface area (Å²) in [6.07, 6.45) is 6.97. The van der Waals surface area contributed by atoms with Crippen molar-refractivity contribution in [2.24, 2.45) is 0 Å². The Morgan fingerprint density at radius 2 is 1.71 bits per heavy atom. The van der Waals surface area contributed by atoms with Crippen molar-refractivity contribution >= 4 is 0 Å². The Morgan fingerprint density at radius 1 is 0.941 bits per heavy atom. The molecule has 0 aliphatic heterocycles. The van der Waals surface area contributed by atoms with Crippen molar-refractivity contribution < 1.29 is 0 Å². The number of pyridine rings is 1. The van der Waals surface area contributed by atoms with E-state index in [1.54, 1.807) is 24.8 Å². The Bertz CT molecular complexity index is 400. The summed E-state index contributed by atoms with van der Waals surface area (Å²) in [5.74, 6) is 0. The highest BCUT2D eigenvalue weighted by molar-refractivity contribution is 5.09. The molecule has 0 bridgehead atoms. The van der Waals surface area contributed by atoms with Crippen LogP contribution in [0.25, 0.3) is 0 Å². The van der Waals surface area contributed by atoms with Crippen molar-refractivity contribution in [3.8, 4) is 0 Å². The van der Waals surface area contributed by atoms with Gasteiger partial charge in [0.2, 0.25) is 0 Å². The summed E-state index contributed by atoms with van der Waals surface area (Å²) in [5.41, 5.74) is 1.97. The lowest BCUT2D eigenvalue weighted by molar-refractivity contribution is 0.477. The molecule has 0 aromatic carbocycles. The molecule has 2 atom stereocenters. The zero-order valence-corrected chi connectivity index (χ0v) is 10.0. The number of nitrogens with zero attached hydrogens (tertiary/aromatic N) is 3. The zero-order chi connectivity index (χ0) is 12.1. The monoisotopic (exact) mass is 228 g/mol. The fourth-order valence-electron chi connectivity index (χ4n) is 1.71. The molecule has 0 saturated heterocycles. The highest BCUT2D eigenvalue weighted by Gasteiger charge is 2.12. The second-order valence-corrected chi connectivity index (χ2v) is 3.99. The summed E-state index contributed by atoms with van der Waals surface area (Å²) >= 11 is 0. The van der Waals surface area contributed by atoms with E-state index in [-0.39, 0.29) is 12.1 Å². The molecule has 0 amide bonds. The van der Waals surface area contributed by atoms with Crippen LogP contribution in [0.3, 0.4) is 0 Å². The molecule has 1 unspecified atom stereocenters. The van der Waals surface area contributed by atoms with Crippen LogP contribution in [0, 0.1) is 0 Å². The first kappa shape index (κ1) is 11.7. The second-order valence-electron chi connectivity index (χ2n) is 3.99. The van der Waals surface area contributed by atoms with Crippen LogP contribution in [0.2, 0.25) is 0 Å². The van der Waals surface area contributed by atoms with Gasteiger partial charge in [-0.05, 0) is 26.0 Å². The third kappa shape index (κ3) is 3.07. The molecular weight excluding hydrogens is 212 g/mol. The van der Waals surface area contributed by atoms with Crippen molar-refractivity contribution in [2.75, 3.05) is 0 Å². The van der Waals surface area contributed by atoms with Crippen molar-refractivity contribution in [1.82, 2.24) is 20.3 Å². The Labute approximate surface area is 101 Å². The lowest BCUT2D eigenvalue weighted by atomic mass is 10.1. The maximum absolute atomic E-state index is 4.33. The van der Waals surface area contributed by atoms with Crippen molar-refractivity contribution in [3.05, 3.63) is 54.4 Å². The molecule has 4 heteroatoms. The number of hydrogen-bond donors (Lipinski definition) is 1. The summed E-state index contributed by atoms with van der Waals surface area (Å²) < 4.78 is 0. The van der Waals surface area contributed by atoms with Gasteiger partial charge in [-0.25, -0.2) is 0 Å². The van der Waals surface area contributed by atoms with E-state index >= 15 is 0 Å². The first-order valence-corrected chi connectivity index (χ1v) is 5.70. The van der Waals surface area contributed by atoms with Gasteiger partial charge < -0.3 is 5.32 Å². The highest BCUT2D eigenvalue weighted by Crippen LogP contribution is 2.15. The molecule has 4 nitrogen and oxygen atoms in total. The van der Waals surface area contributed by atoms with Gasteiger partial charge in [-0.1, -0.05) is 6.07 Å². The van der Waals surface area contributed by atoms with Gasteiger partial charge in [0.15, 0.2) is 0 Å². The van der Waals surface area contributed by atoms with Crippen LogP contribution in [0.1, 0.15) is 37.3 Å². The summed E-state index contributed by atoms with van der Waals surface area (Å²) in [5, 5.41) is 3.45. The SMILES string of the molecule is CC(N[C@@H](C)c1ccccn1)c1cnccn1. The molecule has 2 heterocycles. The van der Waals surface area contributed by atoms with Gasteiger partial charge in [0.1, 0.15) is 0 Å². The third-order valence-electron chi connectivity index (χ3n) is 2.66. The van der Waals surface area contributed by atoms with Gasteiger partial charge in [0.25, 0.3) is 0 Å². The van der Waals surface area contributed by atoms with Gasteiger partial charge in [0.05, 0.1) is 11.4 Å². The van der Waals surface area contributed by atoms with Crippen LogP contribution in [0.5, 0.6) is 0 Å². The first-order valence-electron chi connectivity index (χ1n) is 5.70. The summed E-state index contributed by atoms with van der Waals surface area (Å²) in [7, 11) is 0. The van der Waals surface area contributed by atoms with Crippen LogP contribution in [0.4, 0.5) is 0 Å². The average molecular weight is 228 g/mol. The number of nitrogens with one attached hydrogen (secondary N) is 1. The Morgan fingerprint density at radius 3 is 2.35 bits per heavy atom. The van der Waals surface area contributed by atoms with Gasteiger partial charge >= 0.3 is 0 Å². The number of hydrogen-bond acceptors (Lipinski definition) is 4. The lowest BCUT2D eigenvalue weighted by Crippen LogP contribution is -2.23. The predicted molar refractivity (Wildman–Crippen MR) is 66.2 cm³/mol. The van der Waals surface area contributed by atoms with Crippen molar-refractivity contribution in [1.29, 1.82) is 0 Å². The molecule has 0 saturated carbocycles. The number of rotatable bonds is 4. The van der Waals surface area contributed by atoms with Crippen molar-refractivity contribution in [3.63, 3.8) is 0 Å². The summed E-state index contributed by atoms with van der Waals surface area (Å²) in [6.45, 7) is 4.17. The maximum atomic E-state index is 4.33. The second kappa shape index (κ2) is 5.50. The Kier molecular flexibility index (Phi) is 3.77. The van der Waals surface area contributed by atoms with Crippen molar-refractivity contribution in [2.45, 2.75) is 25.9 Å². The van der Waals surface area contributed by atoms with E-state index in [9.17, 15) is 0 Å². The molecule has 0 spiro atoms. The van der Waals surface area contributed by atoms with E-state index in [0.717, 1.165) is 11.4 Å². The summed E-state index contributed by atoms with van der Waals surface area (Å²) in [4.78, 5) is 12.7. The lowest BCUT2D eigenvalue weighted by Gasteiger charge is -2.18. The summed E-state index contributed by atoms with van der Waals surface area (Å²) in [6, 6.07) is 6.27. The highest BCUT2D eigenvalue weighted by atomic mass is 15.0. The molecule has 88 valence electrons. The normalized spacial score (nSPS) is 14.2. The van der Waals surface area contributed by atoms with Crippen LogP contribution < -0.4 is 5.32 Å².